The van der Waals surface area contributed by atoms with Crippen molar-refractivity contribution in [3.05, 3.63) is 0 Å². The summed E-state index contributed by atoms with van der Waals surface area (Å²) in [7, 11) is 0. The van der Waals surface area contributed by atoms with Crippen LogP contribution in [0.3, 0.4) is 0 Å². The van der Waals surface area contributed by atoms with Gasteiger partial charge in [0.1, 0.15) is 0 Å². The molecule has 0 aliphatic heterocycles. The molecule has 2 nitrogen and oxygen atoms in total. The molecule has 1 N–H and O–H groups in total. The van der Waals surface area contributed by atoms with Gasteiger partial charge in [0.15, 0.2) is 0 Å². The van der Waals surface area contributed by atoms with Crippen LogP contribution < -0.4 is 0 Å². The van der Waals surface area contributed by atoms with Gasteiger partial charge in [0.2, 0.25) is 0 Å². The van der Waals surface area contributed by atoms with E-state index in [1.807, 2.05) is 0 Å². The Morgan fingerprint density at radius 3 is 0.931 bits per heavy atom. The lowest BCUT2D eigenvalue weighted by Gasteiger charge is -2.04. The van der Waals surface area contributed by atoms with Crippen molar-refractivity contribution in [2.75, 3.05) is 19.8 Å². The van der Waals surface area contributed by atoms with Crippen molar-refractivity contribution in [3.8, 4) is 0 Å². The van der Waals surface area contributed by atoms with Gasteiger partial charge in [-0.25, -0.2) is 0 Å². The molecule has 0 amide bonds. The van der Waals surface area contributed by atoms with E-state index in [-0.39, 0.29) is 6.61 Å². The highest BCUT2D eigenvalue weighted by Crippen LogP contribution is 2.15. The van der Waals surface area contributed by atoms with E-state index in [0.717, 1.165) is 13.0 Å². The summed E-state index contributed by atoms with van der Waals surface area (Å²) in [6, 6.07) is 0. The predicted octanol–water partition coefficient (Wildman–Crippen LogP) is 8.99. The van der Waals surface area contributed by atoms with Crippen molar-refractivity contribution >= 4 is 0 Å². The van der Waals surface area contributed by atoms with Crippen molar-refractivity contribution in [3.63, 3.8) is 0 Å². The summed E-state index contributed by atoms with van der Waals surface area (Å²) in [5, 5.41) is 8.62. The van der Waals surface area contributed by atoms with Gasteiger partial charge in [0.05, 0.1) is 13.2 Å². The second-order valence-electron chi connectivity index (χ2n) is 9.11. The summed E-state index contributed by atoms with van der Waals surface area (Å²) in [6.45, 7) is 3.77. The highest BCUT2D eigenvalue weighted by atomic mass is 16.5. The van der Waals surface area contributed by atoms with E-state index in [0.29, 0.717) is 6.61 Å². The molecule has 0 bridgehead atoms. The van der Waals surface area contributed by atoms with E-state index in [4.69, 9.17) is 9.84 Å². The lowest BCUT2D eigenvalue weighted by Crippen LogP contribution is -2.00. The Morgan fingerprint density at radius 1 is 0.379 bits per heavy atom. The van der Waals surface area contributed by atoms with E-state index >= 15 is 0 Å². The Kier molecular flexibility index (Phi) is 27.8. The number of aliphatic hydroxyl groups is 1. The molecule has 0 heterocycles. The van der Waals surface area contributed by atoms with E-state index in [2.05, 4.69) is 6.92 Å². The van der Waals surface area contributed by atoms with E-state index in [1.54, 1.807) is 0 Å². The number of hydrogen-bond donors (Lipinski definition) is 1. The van der Waals surface area contributed by atoms with Gasteiger partial charge in [-0.05, 0) is 6.42 Å². The lowest BCUT2D eigenvalue weighted by molar-refractivity contribution is 0.0895. The second-order valence-corrected chi connectivity index (χ2v) is 9.11. The maximum Gasteiger partial charge on any atom is 0.0697 e. The maximum absolute atomic E-state index is 8.62. The Balaban J connectivity index is 2.97. The Hall–Kier alpha value is -0.0800. The van der Waals surface area contributed by atoms with Crippen LogP contribution in [0.2, 0.25) is 0 Å². The van der Waals surface area contributed by atoms with Crippen LogP contribution in [-0.4, -0.2) is 24.9 Å². The first kappa shape index (κ1) is 28.9. The summed E-state index contributed by atoms with van der Waals surface area (Å²) in [4.78, 5) is 0. The first-order chi connectivity index (χ1) is 14.4. The number of ether oxygens (including phenoxy) is 1. The second kappa shape index (κ2) is 27.9. The Morgan fingerprint density at radius 2 is 0.655 bits per heavy atom. The zero-order valence-electron chi connectivity index (χ0n) is 20.2. The Labute approximate surface area is 184 Å². The predicted molar refractivity (Wildman–Crippen MR) is 130 cm³/mol. The molecule has 0 saturated carbocycles. The fraction of sp³-hybridized carbons (Fsp3) is 1.00. The summed E-state index contributed by atoms with van der Waals surface area (Å²) < 4.78 is 5.28. The van der Waals surface area contributed by atoms with Crippen molar-refractivity contribution < 1.29 is 9.84 Å². The molecule has 176 valence electrons. The zero-order valence-corrected chi connectivity index (χ0v) is 20.2. The SMILES string of the molecule is CCCCCCCCCCCCCCCCCCCCCCCCCOCCO. The van der Waals surface area contributed by atoms with Gasteiger partial charge >= 0.3 is 0 Å². The van der Waals surface area contributed by atoms with Crippen molar-refractivity contribution in [1.29, 1.82) is 0 Å². The first-order valence-corrected chi connectivity index (χ1v) is 13.6. The van der Waals surface area contributed by atoms with Gasteiger partial charge in [0, 0.05) is 6.61 Å². The largest absolute Gasteiger partial charge is 0.394 e. The van der Waals surface area contributed by atoms with Crippen LogP contribution in [-0.2, 0) is 4.74 Å². The standard InChI is InChI=1S/C27H56O2/c1-2-3-4-5-6-7-8-9-10-11-12-13-14-15-16-17-18-19-20-21-22-23-24-26-29-27-25-28/h28H,2-27H2,1H3. The van der Waals surface area contributed by atoms with Crippen molar-refractivity contribution in [2.45, 2.75) is 155 Å². The summed E-state index contributed by atoms with van der Waals surface area (Å²) in [5.41, 5.74) is 0. The molecule has 0 aromatic carbocycles. The molecular formula is C27H56O2. The van der Waals surface area contributed by atoms with Crippen LogP contribution in [0, 0.1) is 0 Å². The molecule has 0 aliphatic rings. The van der Waals surface area contributed by atoms with E-state index < -0.39 is 0 Å². The molecule has 0 radical (unpaired) electrons. The molecule has 0 fully saturated rings. The average molecular weight is 413 g/mol. The molecule has 0 aliphatic carbocycles. The monoisotopic (exact) mass is 412 g/mol. The van der Waals surface area contributed by atoms with Gasteiger partial charge in [-0.3, -0.25) is 0 Å². The first-order valence-electron chi connectivity index (χ1n) is 13.6. The van der Waals surface area contributed by atoms with Crippen LogP contribution in [0.25, 0.3) is 0 Å². The molecule has 0 rings (SSSR count). The fourth-order valence-corrected chi connectivity index (χ4v) is 4.16. The zero-order chi connectivity index (χ0) is 21.1. The molecule has 29 heavy (non-hydrogen) atoms. The molecule has 0 aromatic heterocycles. The van der Waals surface area contributed by atoms with E-state index in [1.165, 1.54) is 141 Å². The Bertz CT molecular complexity index is 241. The van der Waals surface area contributed by atoms with Crippen LogP contribution in [0.1, 0.15) is 155 Å². The number of hydrogen-bond acceptors (Lipinski definition) is 2. The molecule has 0 aromatic rings. The third-order valence-electron chi connectivity index (χ3n) is 6.13. The normalized spacial score (nSPS) is 11.4. The quantitative estimate of drug-likeness (QED) is 0.144. The van der Waals surface area contributed by atoms with E-state index in [9.17, 15) is 0 Å². The minimum atomic E-state index is 0.152. The number of rotatable bonds is 26. The third-order valence-corrected chi connectivity index (χ3v) is 6.13. The van der Waals surface area contributed by atoms with Gasteiger partial charge in [-0.15, -0.1) is 0 Å². The van der Waals surface area contributed by atoms with Crippen LogP contribution in [0.4, 0.5) is 0 Å². The summed E-state index contributed by atoms with van der Waals surface area (Å²) in [6.07, 6.45) is 32.8. The van der Waals surface area contributed by atoms with Crippen LogP contribution in [0.15, 0.2) is 0 Å². The third kappa shape index (κ3) is 27.9. The topological polar surface area (TPSA) is 29.5 Å². The molecular weight excluding hydrogens is 356 g/mol. The molecule has 0 saturated heterocycles. The highest BCUT2D eigenvalue weighted by molar-refractivity contribution is 4.51. The van der Waals surface area contributed by atoms with Gasteiger partial charge in [-0.2, -0.15) is 0 Å². The summed E-state index contributed by atoms with van der Waals surface area (Å²) >= 11 is 0. The van der Waals surface area contributed by atoms with Gasteiger partial charge < -0.3 is 9.84 Å². The molecule has 2 heteroatoms. The number of aliphatic hydroxyl groups excluding tert-OH is 1. The smallest absolute Gasteiger partial charge is 0.0697 e. The number of unbranched alkanes of at least 4 members (excludes halogenated alkanes) is 22. The fourth-order valence-electron chi connectivity index (χ4n) is 4.16. The maximum atomic E-state index is 8.62. The minimum absolute atomic E-state index is 0.152. The molecule has 0 spiro atoms. The van der Waals surface area contributed by atoms with Crippen molar-refractivity contribution in [1.82, 2.24) is 0 Å². The average Bonchev–Trinajstić information content (AvgIpc) is 2.74. The van der Waals surface area contributed by atoms with Gasteiger partial charge in [0.25, 0.3) is 0 Å². The molecule has 0 unspecified atom stereocenters. The minimum Gasteiger partial charge on any atom is -0.394 e. The van der Waals surface area contributed by atoms with Crippen molar-refractivity contribution in [2.24, 2.45) is 0 Å². The van der Waals surface area contributed by atoms with Gasteiger partial charge in [-0.1, -0.05) is 148 Å². The lowest BCUT2D eigenvalue weighted by atomic mass is 10.0. The van der Waals surface area contributed by atoms with Crippen LogP contribution in [0.5, 0.6) is 0 Å². The van der Waals surface area contributed by atoms with Crippen LogP contribution >= 0.6 is 0 Å². The molecule has 0 atom stereocenters. The summed E-state index contributed by atoms with van der Waals surface area (Å²) in [5.74, 6) is 0. The highest BCUT2D eigenvalue weighted by Gasteiger charge is 1.96.